The number of aromatic nitrogens is 1. The van der Waals surface area contributed by atoms with Crippen molar-refractivity contribution in [2.45, 2.75) is 32.2 Å². The van der Waals surface area contributed by atoms with E-state index in [0.29, 0.717) is 55.8 Å². The molecular formula is C24H28FN3O3. The molecule has 3 heterocycles. The molecule has 6 nitrogen and oxygen atoms in total. The molecule has 1 unspecified atom stereocenters. The second kappa shape index (κ2) is 8.75. The first-order valence-corrected chi connectivity index (χ1v) is 10.9. The number of hydrogen-bond donors (Lipinski definition) is 0. The van der Waals surface area contributed by atoms with E-state index in [1.807, 2.05) is 6.92 Å². The maximum absolute atomic E-state index is 13.4. The summed E-state index contributed by atoms with van der Waals surface area (Å²) in [7, 11) is 1.80. The predicted molar refractivity (Wildman–Crippen MR) is 115 cm³/mol. The molecule has 1 amide bonds. The van der Waals surface area contributed by atoms with Gasteiger partial charge in [-0.25, -0.2) is 4.39 Å². The van der Waals surface area contributed by atoms with Crippen molar-refractivity contribution in [1.29, 1.82) is 0 Å². The van der Waals surface area contributed by atoms with E-state index in [0.717, 1.165) is 6.42 Å². The van der Waals surface area contributed by atoms with Crippen LogP contribution in [0.3, 0.4) is 0 Å². The molecule has 4 rings (SSSR count). The Morgan fingerprint density at radius 2 is 1.77 bits per heavy atom. The zero-order chi connectivity index (χ0) is 22.1. The van der Waals surface area contributed by atoms with Crippen molar-refractivity contribution in [2.75, 3.05) is 26.2 Å². The van der Waals surface area contributed by atoms with Crippen molar-refractivity contribution in [3.05, 3.63) is 59.2 Å². The third-order valence-electron chi connectivity index (χ3n) is 6.48. The average Bonchev–Trinajstić information content (AvgIpc) is 3.13. The Hall–Kier alpha value is -2.80. The van der Waals surface area contributed by atoms with Crippen molar-refractivity contribution in [3.63, 3.8) is 0 Å². The summed E-state index contributed by atoms with van der Waals surface area (Å²) in [6, 6.07) is 7.00. The van der Waals surface area contributed by atoms with E-state index in [2.05, 4.69) is 4.90 Å². The monoisotopic (exact) mass is 425 g/mol. The first-order chi connectivity index (χ1) is 14.9. The van der Waals surface area contributed by atoms with Crippen LogP contribution < -0.4 is 0 Å². The predicted octanol–water partition coefficient (Wildman–Crippen LogP) is 3.18. The van der Waals surface area contributed by atoms with Gasteiger partial charge in [-0.2, -0.15) is 0 Å². The summed E-state index contributed by atoms with van der Waals surface area (Å²) in [6.07, 6.45) is 3.87. The van der Waals surface area contributed by atoms with Crippen LogP contribution in [0.1, 0.15) is 57.4 Å². The van der Waals surface area contributed by atoms with Crippen molar-refractivity contribution < 1.29 is 18.8 Å². The summed E-state index contributed by atoms with van der Waals surface area (Å²) in [4.78, 5) is 43.1. The van der Waals surface area contributed by atoms with Gasteiger partial charge in [0, 0.05) is 37.8 Å². The molecule has 1 atom stereocenters. The SMILES string of the molecule is CCCN1CC(N2CCC(C(=O)c3ccc(F)cc3)CC2)C(=O)c2c(ccn2C)C1=O. The highest BCUT2D eigenvalue weighted by atomic mass is 19.1. The number of hydrogen-bond acceptors (Lipinski definition) is 4. The van der Waals surface area contributed by atoms with Gasteiger partial charge in [-0.1, -0.05) is 6.92 Å². The van der Waals surface area contributed by atoms with Crippen LogP contribution in [0, 0.1) is 11.7 Å². The molecule has 1 saturated heterocycles. The van der Waals surface area contributed by atoms with Crippen molar-refractivity contribution in [1.82, 2.24) is 14.4 Å². The number of piperidine rings is 1. The first kappa shape index (κ1) is 21.4. The number of halogens is 1. The van der Waals surface area contributed by atoms with Crippen LogP contribution in [0.15, 0.2) is 36.5 Å². The Morgan fingerprint density at radius 1 is 1.10 bits per heavy atom. The van der Waals surface area contributed by atoms with Crippen molar-refractivity contribution in [3.8, 4) is 0 Å². The van der Waals surface area contributed by atoms with Gasteiger partial charge >= 0.3 is 0 Å². The molecular weight excluding hydrogens is 397 g/mol. The summed E-state index contributed by atoms with van der Waals surface area (Å²) in [5.41, 5.74) is 1.47. The lowest BCUT2D eigenvalue weighted by Gasteiger charge is -2.37. The Bertz CT molecular complexity index is 990. The third-order valence-corrected chi connectivity index (χ3v) is 6.48. The van der Waals surface area contributed by atoms with Crippen molar-refractivity contribution >= 4 is 17.5 Å². The molecule has 1 fully saturated rings. The highest BCUT2D eigenvalue weighted by molar-refractivity contribution is 6.11. The van der Waals surface area contributed by atoms with Gasteiger partial charge in [-0.3, -0.25) is 19.3 Å². The quantitative estimate of drug-likeness (QED) is 0.691. The fourth-order valence-electron chi connectivity index (χ4n) is 4.78. The van der Waals surface area contributed by atoms with Gasteiger partial charge in [0.15, 0.2) is 11.6 Å². The van der Waals surface area contributed by atoms with E-state index < -0.39 is 6.04 Å². The fourth-order valence-corrected chi connectivity index (χ4v) is 4.78. The number of Topliss-reactive ketones (excluding diaryl/α,β-unsaturated/α-hetero) is 2. The molecule has 2 aromatic rings. The Morgan fingerprint density at radius 3 is 2.42 bits per heavy atom. The summed E-state index contributed by atoms with van der Waals surface area (Å²) in [5, 5.41) is 0. The molecule has 2 aliphatic heterocycles. The summed E-state index contributed by atoms with van der Waals surface area (Å²) in [5.74, 6) is -0.585. The van der Waals surface area contributed by atoms with Gasteiger partial charge in [-0.05, 0) is 62.7 Å². The number of rotatable bonds is 5. The van der Waals surface area contributed by atoms with E-state index in [-0.39, 0.29) is 29.2 Å². The number of fused-ring (bicyclic) bond motifs is 1. The van der Waals surface area contributed by atoms with Gasteiger partial charge in [0.05, 0.1) is 17.3 Å². The third kappa shape index (κ3) is 4.06. The normalized spacial score (nSPS) is 20.6. The molecule has 1 aromatic heterocycles. The van der Waals surface area contributed by atoms with E-state index in [1.54, 1.807) is 28.8 Å². The minimum Gasteiger partial charge on any atom is -0.347 e. The van der Waals surface area contributed by atoms with Crippen LogP contribution >= 0.6 is 0 Å². The molecule has 0 aliphatic carbocycles. The smallest absolute Gasteiger partial charge is 0.256 e. The molecule has 0 saturated carbocycles. The minimum atomic E-state index is -0.410. The molecule has 0 spiro atoms. The van der Waals surface area contributed by atoms with Crippen LogP contribution in [0.4, 0.5) is 4.39 Å². The van der Waals surface area contributed by atoms with Gasteiger partial charge in [0.1, 0.15) is 5.82 Å². The van der Waals surface area contributed by atoms with E-state index in [9.17, 15) is 18.8 Å². The Labute approximate surface area is 181 Å². The van der Waals surface area contributed by atoms with Crippen LogP contribution in [-0.4, -0.2) is 64.1 Å². The lowest BCUT2D eigenvalue weighted by atomic mass is 9.88. The maximum Gasteiger partial charge on any atom is 0.256 e. The van der Waals surface area contributed by atoms with Crippen molar-refractivity contribution in [2.24, 2.45) is 13.0 Å². The zero-order valence-corrected chi connectivity index (χ0v) is 18.0. The zero-order valence-electron chi connectivity index (χ0n) is 18.0. The number of nitrogens with zero attached hydrogens (tertiary/aromatic N) is 3. The van der Waals surface area contributed by atoms with Gasteiger partial charge in [-0.15, -0.1) is 0 Å². The van der Waals surface area contributed by atoms with E-state index in [4.69, 9.17) is 0 Å². The second-order valence-electron chi connectivity index (χ2n) is 8.50. The summed E-state index contributed by atoms with van der Waals surface area (Å²) in [6.45, 7) is 4.23. The second-order valence-corrected chi connectivity index (χ2v) is 8.50. The largest absolute Gasteiger partial charge is 0.347 e. The molecule has 7 heteroatoms. The van der Waals surface area contributed by atoms with Crippen LogP contribution in [0.5, 0.6) is 0 Å². The first-order valence-electron chi connectivity index (χ1n) is 10.9. The van der Waals surface area contributed by atoms with Crippen LogP contribution in [0.2, 0.25) is 0 Å². The topological polar surface area (TPSA) is 62.6 Å². The maximum atomic E-state index is 13.4. The Kier molecular flexibility index (Phi) is 6.05. The Balaban J connectivity index is 1.51. The number of amides is 1. The molecule has 0 N–H and O–H groups in total. The number of carbonyl (C=O) groups excluding carboxylic acids is 3. The van der Waals surface area contributed by atoms with Crippen LogP contribution in [-0.2, 0) is 7.05 Å². The van der Waals surface area contributed by atoms with E-state index in [1.165, 1.54) is 24.3 Å². The number of aryl methyl sites for hydroxylation is 1. The minimum absolute atomic E-state index is 0.0272. The lowest BCUT2D eigenvalue weighted by Crippen LogP contribution is -2.51. The van der Waals surface area contributed by atoms with Gasteiger partial charge in [0.2, 0.25) is 0 Å². The standard InChI is InChI=1S/C24H28FN3O3/c1-3-11-28-15-20(23(30)21-19(24(28)31)10-12-26(21)2)27-13-8-17(9-14-27)22(29)16-4-6-18(25)7-5-16/h4-7,10,12,17,20H,3,8-9,11,13-15H2,1-2H3. The number of benzene rings is 1. The van der Waals surface area contributed by atoms with Crippen LogP contribution in [0.25, 0.3) is 0 Å². The molecule has 1 aromatic carbocycles. The average molecular weight is 426 g/mol. The van der Waals surface area contributed by atoms with Gasteiger partial charge in [0.25, 0.3) is 5.91 Å². The molecule has 2 aliphatic rings. The molecule has 164 valence electrons. The number of ketones is 2. The molecule has 0 bridgehead atoms. The van der Waals surface area contributed by atoms with Gasteiger partial charge < -0.3 is 9.47 Å². The highest BCUT2D eigenvalue weighted by Gasteiger charge is 2.40. The molecule has 31 heavy (non-hydrogen) atoms. The summed E-state index contributed by atoms with van der Waals surface area (Å²) >= 11 is 0. The number of likely N-dealkylation sites (tertiary alicyclic amines) is 1. The number of carbonyl (C=O) groups is 3. The van der Waals surface area contributed by atoms with E-state index >= 15 is 0 Å². The highest BCUT2D eigenvalue weighted by Crippen LogP contribution is 2.27. The summed E-state index contributed by atoms with van der Waals surface area (Å²) < 4.78 is 14.9. The molecule has 0 radical (unpaired) electrons. The fraction of sp³-hybridized carbons (Fsp3) is 0.458. The lowest BCUT2D eigenvalue weighted by molar-refractivity contribution is 0.0571.